The minimum Gasteiger partial charge on any atom is -0.309 e. The van der Waals surface area contributed by atoms with Crippen LogP contribution in [0.15, 0.2) is 285 Å². The molecule has 12 aromatic carbocycles. The van der Waals surface area contributed by atoms with Crippen molar-refractivity contribution < 1.29 is 0 Å². The third-order valence-corrected chi connectivity index (χ3v) is 16.6. The van der Waals surface area contributed by atoms with Crippen LogP contribution < -0.4 is 0 Å². The van der Waals surface area contributed by atoms with E-state index in [9.17, 15) is 0 Å². The second-order valence-electron chi connectivity index (χ2n) is 21.2. The van der Waals surface area contributed by atoms with Crippen LogP contribution in [-0.4, -0.2) is 33.2 Å². The molecule has 0 aliphatic rings. The number of benzene rings is 12. The molecule has 0 unspecified atom stereocenters. The summed E-state index contributed by atoms with van der Waals surface area (Å²) in [4.78, 5) is 15.5. The van der Waals surface area contributed by atoms with E-state index in [1.807, 2.05) is 36.4 Å². The minimum atomic E-state index is 0.596. The molecule has 5 aromatic heterocycles. The number of fused-ring (bicyclic) bond motifs is 12. The summed E-state index contributed by atoms with van der Waals surface area (Å²) >= 11 is 0. The highest BCUT2D eigenvalue weighted by atomic mass is 15.1. The topological polar surface area (TPSA) is 58.4 Å². The molecule has 0 saturated carbocycles. The summed E-state index contributed by atoms with van der Waals surface area (Å²) in [5, 5.41) is 9.62. The van der Waals surface area contributed by atoms with Crippen molar-refractivity contribution in [2.45, 2.75) is 0 Å². The molecule has 382 valence electrons. The summed E-state index contributed by atoms with van der Waals surface area (Å²) in [5.74, 6) is 1.84. The van der Waals surface area contributed by atoms with Crippen LogP contribution in [0.3, 0.4) is 0 Å². The fraction of sp³-hybridized carbons (Fsp3) is 0. The lowest BCUT2D eigenvalue weighted by Gasteiger charge is -2.18. The highest BCUT2D eigenvalue weighted by Gasteiger charge is 2.23. The predicted molar refractivity (Wildman–Crippen MR) is 339 cm³/mol. The van der Waals surface area contributed by atoms with E-state index >= 15 is 0 Å². The monoisotopic (exact) mass is 1050 g/mol. The number of hydrogen-bond acceptors (Lipinski definition) is 3. The van der Waals surface area contributed by atoms with Crippen LogP contribution in [0.2, 0.25) is 0 Å². The summed E-state index contributed by atoms with van der Waals surface area (Å²) in [5.41, 5.74) is 18.5. The van der Waals surface area contributed by atoms with Gasteiger partial charge >= 0.3 is 0 Å². The van der Waals surface area contributed by atoms with E-state index in [2.05, 4.69) is 267 Å². The first-order valence-electron chi connectivity index (χ1n) is 27.8. The first-order valence-corrected chi connectivity index (χ1v) is 27.8. The van der Waals surface area contributed by atoms with Gasteiger partial charge < -0.3 is 18.3 Å². The van der Waals surface area contributed by atoms with Gasteiger partial charge in [0.1, 0.15) is 0 Å². The highest BCUT2D eigenvalue weighted by molar-refractivity contribution is 6.15. The van der Waals surface area contributed by atoms with Gasteiger partial charge in [-0.1, -0.05) is 188 Å². The van der Waals surface area contributed by atoms with Gasteiger partial charge in [0.15, 0.2) is 17.5 Å². The quantitative estimate of drug-likeness (QED) is 0.152. The summed E-state index contributed by atoms with van der Waals surface area (Å²) in [6.07, 6.45) is 0. The molecular formula is C75H47N7. The molecule has 0 spiro atoms. The highest BCUT2D eigenvalue weighted by Crippen LogP contribution is 2.43. The number of hydrogen-bond donors (Lipinski definition) is 0. The molecular weight excluding hydrogens is 999 g/mol. The maximum Gasteiger partial charge on any atom is 0.164 e. The summed E-state index contributed by atoms with van der Waals surface area (Å²) in [6.45, 7) is 0. The molecule has 0 N–H and O–H groups in total. The second kappa shape index (κ2) is 18.2. The van der Waals surface area contributed by atoms with E-state index in [1.165, 1.54) is 48.9 Å². The molecule has 0 saturated heterocycles. The van der Waals surface area contributed by atoms with E-state index < -0.39 is 0 Å². The maximum atomic E-state index is 5.24. The standard InChI is InChI=1S/C75H47N7/c1-4-20-48(21-5-1)73-76-74(49-22-6-2-7-23-49)78-75(77-73)52-38-43-70(81-65-33-17-11-26-55(65)56-27-12-18-34-66(56)81)72(46-52)82-67-35-19-14-30-59(67)62-45-51(37-42-69(62)82)50-36-41-68-61(44-50)58-29-13-16-32-64(58)80(68)54-39-40-60-57-28-10-15-31-63(57)79(71(60)47-54)53-24-8-3-9-25-53/h1-47H. The fourth-order valence-electron chi connectivity index (χ4n) is 12.9. The zero-order valence-corrected chi connectivity index (χ0v) is 44.3. The van der Waals surface area contributed by atoms with Crippen molar-refractivity contribution in [1.82, 2.24) is 33.2 Å². The second-order valence-corrected chi connectivity index (χ2v) is 21.2. The molecule has 0 radical (unpaired) electrons. The Kier molecular flexibility index (Phi) is 10.2. The molecule has 17 rings (SSSR count). The third-order valence-electron chi connectivity index (χ3n) is 16.6. The van der Waals surface area contributed by atoms with E-state index in [-0.39, 0.29) is 0 Å². The smallest absolute Gasteiger partial charge is 0.164 e. The minimum absolute atomic E-state index is 0.596. The maximum absolute atomic E-state index is 5.24. The average Bonchev–Trinajstić information content (AvgIpc) is 3.60. The SMILES string of the molecule is c1ccc(-c2nc(-c3ccccc3)nc(-c3ccc(-n4c5ccccc5c5ccccc54)c(-n4c5ccccc5c5cc(-c6ccc7c(c6)c6ccccc6n7-c6ccc7c8ccccc8n(-c8ccccc8)c7c6)ccc54)c3)n2)cc1. The fourth-order valence-corrected chi connectivity index (χ4v) is 12.9. The number of nitrogens with zero attached hydrogens (tertiary/aromatic N) is 7. The molecule has 0 aliphatic heterocycles. The van der Waals surface area contributed by atoms with E-state index in [0.717, 1.165) is 88.9 Å². The van der Waals surface area contributed by atoms with Crippen LogP contribution >= 0.6 is 0 Å². The number of rotatable bonds is 8. The summed E-state index contributed by atoms with van der Waals surface area (Å²) in [6, 6.07) is 103. The Morgan fingerprint density at radius 1 is 0.183 bits per heavy atom. The largest absolute Gasteiger partial charge is 0.309 e. The van der Waals surface area contributed by atoms with Crippen LogP contribution in [0, 0.1) is 0 Å². The molecule has 0 fully saturated rings. The molecule has 0 atom stereocenters. The Morgan fingerprint density at radius 2 is 0.537 bits per heavy atom. The van der Waals surface area contributed by atoms with Crippen LogP contribution in [0.25, 0.3) is 155 Å². The Labute approximate surface area is 471 Å². The van der Waals surface area contributed by atoms with Gasteiger partial charge in [-0.15, -0.1) is 0 Å². The molecule has 5 heterocycles. The Balaban J connectivity index is 0.859. The molecule has 82 heavy (non-hydrogen) atoms. The molecule has 0 amide bonds. The first kappa shape index (κ1) is 45.8. The summed E-state index contributed by atoms with van der Waals surface area (Å²) < 4.78 is 9.69. The summed E-state index contributed by atoms with van der Waals surface area (Å²) in [7, 11) is 0. The van der Waals surface area contributed by atoms with Crippen LogP contribution in [-0.2, 0) is 0 Å². The Morgan fingerprint density at radius 3 is 1.04 bits per heavy atom. The van der Waals surface area contributed by atoms with Gasteiger partial charge in [-0.2, -0.15) is 0 Å². The Hall–Kier alpha value is -11.2. The van der Waals surface area contributed by atoms with Crippen molar-refractivity contribution in [3.63, 3.8) is 0 Å². The molecule has 0 aliphatic carbocycles. The third kappa shape index (κ3) is 7.06. The predicted octanol–water partition coefficient (Wildman–Crippen LogP) is 18.9. The number of aromatic nitrogens is 7. The van der Waals surface area contributed by atoms with E-state index in [4.69, 9.17) is 15.0 Å². The zero-order chi connectivity index (χ0) is 53.8. The zero-order valence-electron chi connectivity index (χ0n) is 44.3. The van der Waals surface area contributed by atoms with Gasteiger partial charge in [0.25, 0.3) is 0 Å². The first-order chi connectivity index (χ1) is 40.7. The van der Waals surface area contributed by atoms with Crippen LogP contribution in [0.5, 0.6) is 0 Å². The van der Waals surface area contributed by atoms with Gasteiger partial charge in [-0.25, -0.2) is 15.0 Å². The van der Waals surface area contributed by atoms with Gasteiger partial charge in [0.05, 0.1) is 55.5 Å². The Bertz CT molecular complexity index is 5280. The molecule has 17 aromatic rings. The van der Waals surface area contributed by atoms with Crippen molar-refractivity contribution in [2.24, 2.45) is 0 Å². The lowest BCUT2D eigenvalue weighted by atomic mass is 10.0. The van der Waals surface area contributed by atoms with Crippen molar-refractivity contribution in [3.05, 3.63) is 285 Å². The van der Waals surface area contributed by atoms with Crippen LogP contribution in [0.1, 0.15) is 0 Å². The van der Waals surface area contributed by atoms with E-state index in [0.29, 0.717) is 17.5 Å². The van der Waals surface area contributed by atoms with Crippen LogP contribution in [0.4, 0.5) is 0 Å². The number of para-hydroxylation sites is 6. The van der Waals surface area contributed by atoms with Crippen molar-refractivity contribution in [3.8, 4) is 68.0 Å². The molecule has 7 nitrogen and oxygen atoms in total. The van der Waals surface area contributed by atoms with Crippen molar-refractivity contribution in [2.75, 3.05) is 0 Å². The van der Waals surface area contributed by atoms with Crippen molar-refractivity contribution >= 4 is 87.2 Å². The van der Waals surface area contributed by atoms with Gasteiger partial charge in [0, 0.05) is 71.2 Å². The van der Waals surface area contributed by atoms with Gasteiger partial charge in [0.2, 0.25) is 0 Å². The van der Waals surface area contributed by atoms with Crippen molar-refractivity contribution in [1.29, 1.82) is 0 Å². The van der Waals surface area contributed by atoms with Gasteiger partial charge in [-0.3, -0.25) is 0 Å². The normalized spacial score (nSPS) is 11.9. The molecule has 7 heteroatoms. The lowest BCUT2D eigenvalue weighted by molar-refractivity contribution is 1.06. The average molecular weight is 1050 g/mol. The molecule has 0 bridgehead atoms. The van der Waals surface area contributed by atoms with E-state index in [1.54, 1.807) is 0 Å². The van der Waals surface area contributed by atoms with Gasteiger partial charge in [-0.05, 0) is 108 Å². The lowest BCUT2D eigenvalue weighted by Crippen LogP contribution is -2.05.